The summed E-state index contributed by atoms with van der Waals surface area (Å²) in [6.45, 7) is 2.60. The second-order valence-corrected chi connectivity index (χ2v) is 8.43. The van der Waals surface area contributed by atoms with Gasteiger partial charge in [0.1, 0.15) is 0 Å². The van der Waals surface area contributed by atoms with Gasteiger partial charge in [-0.05, 0) is 56.9 Å². The van der Waals surface area contributed by atoms with E-state index in [9.17, 15) is 14.4 Å². The Morgan fingerprint density at radius 3 is 2.28 bits per heavy atom. The summed E-state index contributed by atoms with van der Waals surface area (Å²) < 4.78 is 5.42. The second kappa shape index (κ2) is 10.1. The molecule has 6 nitrogen and oxygen atoms in total. The minimum absolute atomic E-state index is 0.0614. The smallest absolute Gasteiger partial charge is 0.309 e. The SMILES string of the molecule is C[C@H](OC(=O)C1CCN(C(=O)c2ccc(Cl)cc2)CC1)C(=O)NC1CCCCC1. The lowest BCUT2D eigenvalue weighted by atomic mass is 9.95. The highest BCUT2D eigenvalue weighted by Gasteiger charge is 2.31. The molecule has 1 aromatic rings. The van der Waals surface area contributed by atoms with Gasteiger partial charge < -0.3 is 15.0 Å². The molecule has 0 radical (unpaired) electrons. The first-order valence-corrected chi connectivity index (χ1v) is 10.9. The molecule has 7 heteroatoms. The third-order valence-electron chi connectivity index (χ3n) is 5.82. The van der Waals surface area contributed by atoms with E-state index in [0.29, 0.717) is 36.5 Å². The monoisotopic (exact) mass is 420 g/mol. The third-order valence-corrected chi connectivity index (χ3v) is 6.07. The van der Waals surface area contributed by atoms with E-state index in [0.717, 1.165) is 25.7 Å². The van der Waals surface area contributed by atoms with Gasteiger partial charge in [-0.3, -0.25) is 14.4 Å². The van der Waals surface area contributed by atoms with Crippen LogP contribution in [-0.2, 0) is 14.3 Å². The maximum absolute atomic E-state index is 12.6. The van der Waals surface area contributed by atoms with Crippen LogP contribution < -0.4 is 5.32 Å². The van der Waals surface area contributed by atoms with Crippen molar-refractivity contribution in [3.63, 3.8) is 0 Å². The van der Waals surface area contributed by atoms with Crippen LogP contribution in [-0.4, -0.2) is 47.9 Å². The molecule has 1 saturated heterocycles. The largest absolute Gasteiger partial charge is 0.452 e. The molecule has 158 valence electrons. The molecular formula is C22H29ClN2O4. The molecule has 1 heterocycles. The summed E-state index contributed by atoms with van der Waals surface area (Å²) >= 11 is 5.87. The van der Waals surface area contributed by atoms with E-state index in [4.69, 9.17) is 16.3 Å². The number of ether oxygens (including phenoxy) is 1. The first-order valence-electron chi connectivity index (χ1n) is 10.5. The summed E-state index contributed by atoms with van der Waals surface area (Å²) in [7, 11) is 0. The zero-order chi connectivity index (χ0) is 20.8. The molecule has 1 N–H and O–H groups in total. The molecule has 2 amide bonds. The van der Waals surface area contributed by atoms with Crippen molar-refractivity contribution in [1.29, 1.82) is 0 Å². The summed E-state index contributed by atoms with van der Waals surface area (Å²) in [5.41, 5.74) is 0.587. The van der Waals surface area contributed by atoms with Crippen molar-refractivity contribution in [3.05, 3.63) is 34.9 Å². The summed E-state index contributed by atoms with van der Waals surface area (Å²) in [4.78, 5) is 39.1. The van der Waals surface area contributed by atoms with Crippen molar-refractivity contribution in [1.82, 2.24) is 10.2 Å². The number of hydrogen-bond donors (Lipinski definition) is 1. The summed E-state index contributed by atoms with van der Waals surface area (Å²) in [5.74, 6) is -0.918. The predicted molar refractivity (Wildman–Crippen MR) is 111 cm³/mol. The highest BCUT2D eigenvalue weighted by Crippen LogP contribution is 2.22. The topological polar surface area (TPSA) is 75.7 Å². The lowest BCUT2D eigenvalue weighted by Crippen LogP contribution is -2.44. The van der Waals surface area contributed by atoms with Crippen LogP contribution in [0, 0.1) is 5.92 Å². The molecule has 1 aromatic carbocycles. The Morgan fingerprint density at radius 1 is 1.03 bits per heavy atom. The number of carbonyl (C=O) groups excluding carboxylic acids is 3. The maximum atomic E-state index is 12.6. The molecule has 0 aromatic heterocycles. The van der Waals surface area contributed by atoms with Crippen molar-refractivity contribution in [2.24, 2.45) is 5.92 Å². The quantitative estimate of drug-likeness (QED) is 0.739. The predicted octanol–water partition coefficient (Wildman–Crippen LogP) is 3.57. The fraction of sp³-hybridized carbons (Fsp3) is 0.591. The molecule has 3 rings (SSSR count). The van der Waals surface area contributed by atoms with E-state index < -0.39 is 6.10 Å². The Labute approximate surface area is 176 Å². The third kappa shape index (κ3) is 5.95. The fourth-order valence-electron chi connectivity index (χ4n) is 3.98. The zero-order valence-electron chi connectivity index (χ0n) is 16.9. The van der Waals surface area contributed by atoms with Gasteiger partial charge in [-0.1, -0.05) is 30.9 Å². The van der Waals surface area contributed by atoms with Gasteiger partial charge in [0.2, 0.25) is 0 Å². The van der Waals surface area contributed by atoms with Crippen molar-refractivity contribution < 1.29 is 19.1 Å². The van der Waals surface area contributed by atoms with Crippen LogP contribution in [0.3, 0.4) is 0 Å². The number of nitrogens with zero attached hydrogens (tertiary/aromatic N) is 1. The number of halogens is 1. The number of likely N-dealkylation sites (tertiary alicyclic amines) is 1. The zero-order valence-corrected chi connectivity index (χ0v) is 17.6. The molecule has 0 unspecified atom stereocenters. The fourth-order valence-corrected chi connectivity index (χ4v) is 4.11. The van der Waals surface area contributed by atoms with Crippen LogP contribution in [0.15, 0.2) is 24.3 Å². The molecule has 0 bridgehead atoms. The normalized spacial score (nSPS) is 19.4. The highest BCUT2D eigenvalue weighted by molar-refractivity contribution is 6.30. The van der Waals surface area contributed by atoms with E-state index >= 15 is 0 Å². The summed E-state index contributed by atoms with van der Waals surface area (Å²) in [5, 5.41) is 3.58. The Hall–Kier alpha value is -2.08. The van der Waals surface area contributed by atoms with Gasteiger partial charge in [0.25, 0.3) is 11.8 Å². The Kier molecular flexibility index (Phi) is 7.53. The Bertz CT molecular complexity index is 723. The molecule has 1 aliphatic heterocycles. The van der Waals surface area contributed by atoms with Crippen molar-refractivity contribution in [2.45, 2.75) is 64.0 Å². The molecule has 1 saturated carbocycles. The van der Waals surface area contributed by atoms with Crippen molar-refractivity contribution in [3.8, 4) is 0 Å². The van der Waals surface area contributed by atoms with Gasteiger partial charge in [0, 0.05) is 29.7 Å². The summed E-state index contributed by atoms with van der Waals surface area (Å²) in [6, 6.07) is 6.99. The van der Waals surface area contributed by atoms with E-state index in [1.807, 2.05) is 0 Å². The van der Waals surface area contributed by atoms with Gasteiger partial charge >= 0.3 is 5.97 Å². The number of rotatable bonds is 5. The number of piperidine rings is 1. The molecule has 1 aliphatic carbocycles. The average Bonchev–Trinajstić information content (AvgIpc) is 2.74. The molecule has 0 spiro atoms. The van der Waals surface area contributed by atoms with Gasteiger partial charge in [0.15, 0.2) is 6.10 Å². The number of amides is 2. The van der Waals surface area contributed by atoms with Gasteiger partial charge in [-0.2, -0.15) is 0 Å². The van der Waals surface area contributed by atoms with Crippen LogP contribution in [0.2, 0.25) is 5.02 Å². The Balaban J connectivity index is 1.43. The number of esters is 1. The van der Waals surface area contributed by atoms with Gasteiger partial charge in [-0.15, -0.1) is 0 Å². The second-order valence-electron chi connectivity index (χ2n) is 8.00. The number of nitrogens with one attached hydrogen (secondary N) is 1. The number of hydrogen-bond acceptors (Lipinski definition) is 4. The van der Waals surface area contributed by atoms with Gasteiger partial charge in [-0.25, -0.2) is 0 Å². The van der Waals surface area contributed by atoms with Crippen LogP contribution in [0.25, 0.3) is 0 Å². The highest BCUT2D eigenvalue weighted by atomic mass is 35.5. The molecule has 1 atom stereocenters. The van der Waals surface area contributed by atoms with E-state index in [-0.39, 0.29) is 29.7 Å². The maximum Gasteiger partial charge on any atom is 0.309 e. The standard InChI is InChI=1S/C22H29ClN2O4/c1-15(20(26)24-19-5-3-2-4-6-19)29-22(28)17-11-13-25(14-12-17)21(27)16-7-9-18(23)10-8-16/h7-10,15,17,19H,2-6,11-14H2,1H3,(H,24,26)/t15-/m0/s1. The molecule has 2 fully saturated rings. The van der Waals surface area contributed by atoms with Crippen LogP contribution >= 0.6 is 11.6 Å². The minimum Gasteiger partial charge on any atom is -0.452 e. The molecular weight excluding hydrogens is 392 g/mol. The van der Waals surface area contributed by atoms with Gasteiger partial charge in [0.05, 0.1) is 5.92 Å². The Morgan fingerprint density at radius 2 is 1.66 bits per heavy atom. The van der Waals surface area contributed by atoms with E-state index in [1.54, 1.807) is 36.1 Å². The molecule has 29 heavy (non-hydrogen) atoms. The van der Waals surface area contributed by atoms with Crippen molar-refractivity contribution in [2.75, 3.05) is 13.1 Å². The van der Waals surface area contributed by atoms with Crippen LogP contribution in [0.4, 0.5) is 0 Å². The first kappa shape index (κ1) is 21.6. The van der Waals surface area contributed by atoms with Crippen LogP contribution in [0.1, 0.15) is 62.2 Å². The van der Waals surface area contributed by atoms with E-state index in [2.05, 4.69) is 5.32 Å². The molecule has 2 aliphatic rings. The van der Waals surface area contributed by atoms with E-state index in [1.165, 1.54) is 6.42 Å². The average molecular weight is 421 g/mol. The number of benzene rings is 1. The lowest BCUT2D eigenvalue weighted by Gasteiger charge is -2.31. The summed E-state index contributed by atoms with van der Waals surface area (Å²) in [6.07, 6.45) is 5.75. The first-order chi connectivity index (χ1) is 13.9. The van der Waals surface area contributed by atoms with Crippen molar-refractivity contribution >= 4 is 29.4 Å². The number of carbonyl (C=O) groups is 3. The lowest BCUT2D eigenvalue weighted by molar-refractivity contribution is -0.160. The van der Waals surface area contributed by atoms with Crippen LogP contribution in [0.5, 0.6) is 0 Å². The minimum atomic E-state index is -0.793.